The van der Waals surface area contributed by atoms with Crippen LogP contribution in [0.25, 0.3) is 0 Å². The summed E-state index contributed by atoms with van der Waals surface area (Å²) in [6, 6.07) is -0.0403. The van der Waals surface area contributed by atoms with Gasteiger partial charge in [-0.25, -0.2) is 4.79 Å². The van der Waals surface area contributed by atoms with Crippen LogP contribution in [-0.2, 0) is 19.1 Å². The van der Waals surface area contributed by atoms with Crippen molar-refractivity contribution >= 4 is 17.9 Å². The lowest BCUT2D eigenvalue weighted by atomic mass is 10.1. The molecule has 0 aliphatic heterocycles. The molecule has 16 heavy (non-hydrogen) atoms. The van der Waals surface area contributed by atoms with Gasteiger partial charge in [0.05, 0.1) is 12.5 Å². The Hall–Kier alpha value is -1.98. The van der Waals surface area contributed by atoms with Gasteiger partial charge in [-0.05, 0) is 6.92 Å². The number of nitriles is 1. The molecule has 0 rings (SSSR count). The minimum Gasteiger partial charge on any atom is -0.480 e. The van der Waals surface area contributed by atoms with Crippen molar-refractivity contribution in [1.29, 1.82) is 5.26 Å². The number of nitrogens with two attached hydrogens (primary N) is 2. The molecule has 0 bridgehead atoms. The summed E-state index contributed by atoms with van der Waals surface area (Å²) in [6.07, 6.45) is -0.678. The van der Waals surface area contributed by atoms with Crippen molar-refractivity contribution in [3.05, 3.63) is 0 Å². The van der Waals surface area contributed by atoms with Crippen LogP contribution in [0.15, 0.2) is 0 Å². The van der Waals surface area contributed by atoms with Gasteiger partial charge in [0.1, 0.15) is 6.04 Å². The monoisotopic (exact) mass is 229 g/mol. The van der Waals surface area contributed by atoms with Crippen LogP contribution in [0.5, 0.6) is 0 Å². The van der Waals surface area contributed by atoms with Crippen LogP contribution in [0.2, 0.25) is 0 Å². The topological polar surface area (TPSA) is 156 Å². The average Bonchev–Trinajstić information content (AvgIpc) is 2.17. The van der Waals surface area contributed by atoms with E-state index in [1.165, 1.54) is 6.07 Å². The predicted molar refractivity (Wildman–Crippen MR) is 49.5 cm³/mol. The van der Waals surface area contributed by atoms with E-state index in [0.29, 0.717) is 0 Å². The summed E-state index contributed by atoms with van der Waals surface area (Å²) in [7, 11) is 0. The lowest BCUT2D eigenvalue weighted by molar-refractivity contribution is -0.163. The maximum Gasteiger partial charge on any atom is 0.348 e. The molecule has 0 unspecified atom stereocenters. The summed E-state index contributed by atoms with van der Waals surface area (Å²) in [6.45, 7) is 1.06. The molecule has 0 aromatic rings. The fourth-order valence-electron chi connectivity index (χ4n) is 0.564. The van der Waals surface area contributed by atoms with Crippen LogP contribution >= 0.6 is 0 Å². The van der Waals surface area contributed by atoms with Gasteiger partial charge >= 0.3 is 17.9 Å². The fraction of sp³-hybridized carbons (Fsp3) is 0.500. The van der Waals surface area contributed by atoms with Gasteiger partial charge in [-0.1, -0.05) is 0 Å². The number of ether oxygens (including phenoxy) is 1. The van der Waals surface area contributed by atoms with Crippen LogP contribution in [0.4, 0.5) is 0 Å². The first-order valence-corrected chi connectivity index (χ1v) is 4.14. The van der Waals surface area contributed by atoms with Gasteiger partial charge < -0.3 is 21.3 Å². The van der Waals surface area contributed by atoms with E-state index in [9.17, 15) is 14.4 Å². The largest absolute Gasteiger partial charge is 0.480 e. The van der Waals surface area contributed by atoms with Gasteiger partial charge in [0.25, 0.3) is 0 Å². The third kappa shape index (κ3) is 4.04. The quantitative estimate of drug-likeness (QED) is 0.372. The van der Waals surface area contributed by atoms with E-state index < -0.39 is 35.9 Å². The van der Waals surface area contributed by atoms with E-state index in [1.807, 2.05) is 0 Å². The van der Waals surface area contributed by atoms with Crippen LogP contribution in [0.3, 0.4) is 0 Å². The summed E-state index contributed by atoms with van der Waals surface area (Å²) in [5.74, 6) is -3.80. The number of carbonyl (C=O) groups excluding carboxylic acids is 2. The minimum absolute atomic E-state index is 0.678. The number of carboxylic acids is 1. The number of hydrogen-bond donors (Lipinski definition) is 3. The highest BCUT2D eigenvalue weighted by molar-refractivity contribution is 5.94. The fourth-order valence-corrected chi connectivity index (χ4v) is 0.564. The van der Waals surface area contributed by atoms with Gasteiger partial charge in [-0.15, -0.1) is 0 Å². The smallest absolute Gasteiger partial charge is 0.348 e. The maximum absolute atomic E-state index is 11.1. The first-order chi connectivity index (χ1) is 7.20. The maximum atomic E-state index is 11.1. The number of hydrogen-bond acceptors (Lipinski definition) is 7. The zero-order valence-corrected chi connectivity index (χ0v) is 8.47. The first-order valence-electron chi connectivity index (χ1n) is 4.14. The molecular formula is C8H11N3O5. The van der Waals surface area contributed by atoms with Gasteiger partial charge in [0, 0.05) is 0 Å². The molecule has 0 saturated heterocycles. The molecule has 0 amide bonds. The summed E-state index contributed by atoms with van der Waals surface area (Å²) in [4.78, 5) is 32.3. The second-order valence-corrected chi connectivity index (χ2v) is 3.22. The molecule has 0 aliphatic carbocycles. The van der Waals surface area contributed by atoms with Crippen molar-refractivity contribution in [3.63, 3.8) is 0 Å². The molecule has 0 saturated carbocycles. The molecule has 0 aromatic heterocycles. The Morgan fingerprint density at radius 2 is 2.06 bits per heavy atom. The molecule has 0 aromatic carbocycles. The second-order valence-electron chi connectivity index (χ2n) is 3.22. The Kier molecular flexibility index (Phi) is 4.56. The molecule has 0 heterocycles. The third-order valence-corrected chi connectivity index (χ3v) is 1.57. The number of rotatable bonds is 4. The first kappa shape index (κ1) is 14.0. The third-order valence-electron chi connectivity index (χ3n) is 1.57. The zero-order valence-electron chi connectivity index (χ0n) is 8.47. The molecule has 0 aliphatic rings. The van der Waals surface area contributed by atoms with Crippen LogP contribution in [-0.4, -0.2) is 34.6 Å². The molecule has 5 N–H and O–H groups in total. The van der Waals surface area contributed by atoms with Crippen molar-refractivity contribution in [1.82, 2.24) is 0 Å². The highest BCUT2D eigenvalue weighted by Crippen LogP contribution is 2.02. The highest BCUT2D eigenvalue weighted by Gasteiger charge is 2.32. The van der Waals surface area contributed by atoms with Crippen LogP contribution in [0, 0.1) is 11.3 Å². The van der Waals surface area contributed by atoms with E-state index in [-0.39, 0.29) is 0 Å². The van der Waals surface area contributed by atoms with Crippen molar-refractivity contribution in [3.8, 4) is 6.07 Å². The van der Waals surface area contributed by atoms with E-state index in [0.717, 1.165) is 6.92 Å². The number of esters is 2. The van der Waals surface area contributed by atoms with E-state index in [4.69, 9.17) is 21.8 Å². The van der Waals surface area contributed by atoms with E-state index in [2.05, 4.69) is 4.74 Å². The lowest BCUT2D eigenvalue weighted by Crippen LogP contribution is -2.46. The average molecular weight is 229 g/mol. The summed E-state index contributed by atoms with van der Waals surface area (Å²) in [5, 5.41) is 16.8. The Morgan fingerprint density at radius 1 is 1.56 bits per heavy atom. The van der Waals surface area contributed by atoms with Crippen molar-refractivity contribution in [2.45, 2.75) is 24.9 Å². The summed E-state index contributed by atoms with van der Waals surface area (Å²) < 4.78 is 4.16. The number of nitrogens with zero attached hydrogens (tertiary/aromatic N) is 1. The van der Waals surface area contributed by atoms with E-state index >= 15 is 0 Å². The molecule has 88 valence electrons. The standard InChI is InChI=1S/C8H11N3O5/c1-8(11,3-9)7(15)16-5(12)2-4(10)6(13)14/h4H,2,10-11H2,1H3,(H,13,14)/t4-,8+/m0/s1. The van der Waals surface area contributed by atoms with Crippen LogP contribution < -0.4 is 11.5 Å². The molecule has 8 heteroatoms. The number of aliphatic carboxylic acids is 1. The zero-order chi connectivity index (χ0) is 12.9. The van der Waals surface area contributed by atoms with Gasteiger partial charge in [-0.3, -0.25) is 9.59 Å². The number of carbonyl (C=O) groups is 3. The van der Waals surface area contributed by atoms with Gasteiger partial charge in [0.15, 0.2) is 5.54 Å². The summed E-state index contributed by atoms with van der Waals surface area (Å²) >= 11 is 0. The molecule has 2 atom stereocenters. The van der Waals surface area contributed by atoms with Gasteiger partial charge in [-0.2, -0.15) is 5.26 Å². The second kappa shape index (κ2) is 5.20. The Labute approximate surface area is 90.8 Å². The Balaban J connectivity index is 4.34. The van der Waals surface area contributed by atoms with Crippen molar-refractivity contribution < 1.29 is 24.2 Å². The molecule has 0 spiro atoms. The Morgan fingerprint density at radius 3 is 2.44 bits per heavy atom. The van der Waals surface area contributed by atoms with Gasteiger partial charge in [0.2, 0.25) is 0 Å². The van der Waals surface area contributed by atoms with Crippen LogP contribution in [0.1, 0.15) is 13.3 Å². The number of carboxylic acid groups (broad SMARTS) is 1. The summed E-state index contributed by atoms with van der Waals surface area (Å²) in [5.41, 5.74) is 8.23. The highest BCUT2D eigenvalue weighted by atomic mass is 16.6. The molecular weight excluding hydrogens is 218 g/mol. The predicted octanol–water partition coefficient (Wildman–Crippen LogP) is -1.90. The van der Waals surface area contributed by atoms with Crippen molar-refractivity contribution in [2.75, 3.05) is 0 Å². The normalized spacial score (nSPS) is 15.4. The Bertz CT molecular complexity index is 357. The SMILES string of the molecule is C[C@@](N)(C#N)C(=O)OC(=O)C[C@H](N)C(=O)O. The van der Waals surface area contributed by atoms with Crippen molar-refractivity contribution in [2.24, 2.45) is 11.5 Å². The molecule has 0 fully saturated rings. The minimum atomic E-state index is -1.96. The molecule has 0 radical (unpaired) electrons. The molecule has 8 nitrogen and oxygen atoms in total. The van der Waals surface area contributed by atoms with E-state index in [1.54, 1.807) is 0 Å². The lowest BCUT2D eigenvalue weighted by Gasteiger charge is -2.13.